The van der Waals surface area contributed by atoms with Gasteiger partial charge in [0.1, 0.15) is 5.75 Å². The van der Waals surface area contributed by atoms with E-state index in [9.17, 15) is 14.4 Å². The van der Waals surface area contributed by atoms with Gasteiger partial charge in [-0.25, -0.2) is 4.39 Å². The second kappa shape index (κ2) is 8.96. The van der Waals surface area contributed by atoms with Gasteiger partial charge in [0, 0.05) is 12.0 Å². The molecule has 1 aromatic rings. The zero-order valence-corrected chi connectivity index (χ0v) is 12.3. The molecule has 1 aromatic carbocycles. The van der Waals surface area contributed by atoms with Crippen LogP contribution in [0.25, 0.3) is 0 Å². The smallest absolute Gasteiger partial charge is 0.309 e. The van der Waals surface area contributed by atoms with E-state index in [-0.39, 0.29) is 12.8 Å². The molecule has 0 aliphatic rings. The Hall–Kier alpha value is -2.09. The average Bonchev–Trinajstić information content (AvgIpc) is 2.46. The summed E-state index contributed by atoms with van der Waals surface area (Å²) in [7, 11) is 0. The molecule has 114 valence electrons. The number of carbonyl (C=O) groups excluding carboxylic acids is 1. The third kappa shape index (κ3) is 5.42. The minimum Gasteiger partial charge on any atom is -0.494 e. The van der Waals surface area contributed by atoms with Crippen LogP contribution in [-0.2, 0) is 9.53 Å². The van der Waals surface area contributed by atoms with Crippen LogP contribution in [0.4, 0.5) is 4.39 Å². The van der Waals surface area contributed by atoms with E-state index >= 15 is 0 Å². The Kier molecular flexibility index (Phi) is 7.24. The summed E-state index contributed by atoms with van der Waals surface area (Å²) in [5.74, 6) is -0.868. The molecule has 2 unspecified atom stereocenters. The van der Waals surface area contributed by atoms with Crippen molar-refractivity contribution in [3.8, 4) is 11.8 Å². The molecule has 0 aliphatic heterocycles. The standard InChI is InChI=1S/C16H20FNO3/c1-3-7-15(17)21-16(19)10-12(11-18)13-8-5-6-9-14(13)20-4-2/h5-6,8-9,12,15H,3-4,7,10H2,1-2H3. The molecular formula is C16H20FNO3. The molecule has 21 heavy (non-hydrogen) atoms. The fraction of sp³-hybridized carbons (Fsp3) is 0.500. The Labute approximate surface area is 124 Å². The second-order valence-corrected chi connectivity index (χ2v) is 4.55. The third-order valence-electron chi connectivity index (χ3n) is 2.90. The van der Waals surface area contributed by atoms with Crippen molar-refractivity contribution in [2.24, 2.45) is 0 Å². The average molecular weight is 293 g/mol. The van der Waals surface area contributed by atoms with Crippen LogP contribution < -0.4 is 4.74 Å². The van der Waals surface area contributed by atoms with Gasteiger partial charge in [-0.1, -0.05) is 25.1 Å². The highest BCUT2D eigenvalue weighted by Gasteiger charge is 2.22. The summed E-state index contributed by atoms with van der Waals surface area (Å²) in [6.07, 6.45) is -1.05. The molecule has 0 aromatic heterocycles. The summed E-state index contributed by atoms with van der Waals surface area (Å²) in [4.78, 5) is 11.7. The maximum atomic E-state index is 13.3. The third-order valence-corrected chi connectivity index (χ3v) is 2.90. The molecule has 0 spiro atoms. The number of alkyl halides is 1. The SMILES string of the molecule is CCCC(F)OC(=O)CC(C#N)c1ccccc1OCC. The first-order valence-corrected chi connectivity index (χ1v) is 7.07. The number of hydrogen-bond acceptors (Lipinski definition) is 4. The zero-order valence-electron chi connectivity index (χ0n) is 12.3. The Morgan fingerprint density at radius 1 is 1.38 bits per heavy atom. The Balaban J connectivity index is 2.75. The summed E-state index contributed by atoms with van der Waals surface area (Å²) < 4.78 is 23.4. The molecule has 5 heteroatoms. The quantitative estimate of drug-likeness (QED) is 0.685. The van der Waals surface area contributed by atoms with E-state index in [1.165, 1.54) is 0 Å². The predicted molar refractivity (Wildman–Crippen MR) is 76.5 cm³/mol. The lowest BCUT2D eigenvalue weighted by Crippen LogP contribution is -2.16. The van der Waals surface area contributed by atoms with Crippen LogP contribution in [0.1, 0.15) is 44.6 Å². The number of para-hydroxylation sites is 1. The fourth-order valence-corrected chi connectivity index (χ4v) is 1.92. The molecule has 0 aliphatic carbocycles. The molecule has 0 fully saturated rings. The molecule has 1 rings (SSSR count). The number of hydrogen-bond donors (Lipinski definition) is 0. The van der Waals surface area contributed by atoms with Crippen molar-refractivity contribution in [1.82, 2.24) is 0 Å². The molecule has 0 bridgehead atoms. The van der Waals surface area contributed by atoms with Crippen LogP contribution in [0, 0.1) is 11.3 Å². The van der Waals surface area contributed by atoms with Gasteiger partial charge in [0.05, 0.1) is 25.0 Å². The molecule has 0 heterocycles. The van der Waals surface area contributed by atoms with Crippen LogP contribution in [0.2, 0.25) is 0 Å². The summed E-state index contributed by atoms with van der Waals surface area (Å²) >= 11 is 0. The second-order valence-electron chi connectivity index (χ2n) is 4.55. The van der Waals surface area contributed by atoms with Crippen LogP contribution in [0.5, 0.6) is 5.75 Å². The topological polar surface area (TPSA) is 59.3 Å². The first-order valence-electron chi connectivity index (χ1n) is 7.07. The number of rotatable bonds is 8. The predicted octanol–water partition coefficient (Wildman–Crippen LogP) is 3.72. The summed E-state index contributed by atoms with van der Waals surface area (Å²) in [6.45, 7) is 4.10. The molecule has 0 saturated heterocycles. The van der Waals surface area contributed by atoms with Crippen molar-refractivity contribution >= 4 is 5.97 Å². The maximum Gasteiger partial charge on any atom is 0.309 e. The molecule has 0 saturated carbocycles. The van der Waals surface area contributed by atoms with E-state index in [0.29, 0.717) is 24.3 Å². The largest absolute Gasteiger partial charge is 0.494 e. The highest BCUT2D eigenvalue weighted by atomic mass is 19.1. The van der Waals surface area contributed by atoms with Gasteiger partial charge < -0.3 is 9.47 Å². The van der Waals surface area contributed by atoms with Crippen molar-refractivity contribution in [1.29, 1.82) is 5.26 Å². The molecule has 4 nitrogen and oxygen atoms in total. The number of nitriles is 1. The lowest BCUT2D eigenvalue weighted by Gasteiger charge is -2.15. The van der Waals surface area contributed by atoms with Crippen molar-refractivity contribution in [2.75, 3.05) is 6.61 Å². The van der Waals surface area contributed by atoms with Gasteiger partial charge in [0.2, 0.25) is 6.36 Å². The van der Waals surface area contributed by atoms with Gasteiger partial charge in [-0.05, 0) is 19.4 Å². The summed E-state index contributed by atoms with van der Waals surface area (Å²) in [5, 5.41) is 9.25. The van der Waals surface area contributed by atoms with Crippen LogP contribution in [-0.4, -0.2) is 18.9 Å². The molecule has 0 amide bonds. The lowest BCUT2D eigenvalue weighted by atomic mass is 9.96. The summed E-state index contributed by atoms with van der Waals surface area (Å²) in [5.41, 5.74) is 0.615. The molecule has 2 atom stereocenters. The Morgan fingerprint density at radius 3 is 2.71 bits per heavy atom. The molecule has 0 N–H and O–H groups in total. The van der Waals surface area contributed by atoms with E-state index in [0.717, 1.165) is 0 Å². The van der Waals surface area contributed by atoms with Crippen molar-refractivity contribution in [3.05, 3.63) is 29.8 Å². The van der Waals surface area contributed by atoms with Gasteiger partial charge >= 0.3 is 5.97 Å². The summed E-state index contributed by atoms with van der Waals surface area (Å²) in [6, 6.07) is 9.08. The maximum absolute atomic E-state index is 13.3. The van der Waals surface area contributed by atoms with E-state index < -0.39 is 18.2 Å². The number of halogens is 1. The van der Waals surface area contributed by atoms with Gasteiger partial charge in [0.15, 0.2) is 0 Å². The van der Waals surface area contributed by atoms with Crippen LogP contribution in [0.15, 0.2) is 24.3 Å². The van der Waals surface area contributed by atoms with E-state index in [1.807, 2.05) is 6.92 Å². The lowest BCUT2D eigenvalue weighted by molar-refractivity contribution is -0.158. The first-order chi connectivity index (χ1) is 10.1. The normalized spacial score (nSPS) is 13.0. The Morgan fingerprint density at radius 2 is 2.10 bits per heavy atom. The highest BCUT2D eigenvalue weighted by molar-refractivity contribution is 5.71. The van der Waals surface area contributed by atoms with Gasteiger partial charge in [-0.2, -0.15) is 5.26 Å². The Bertz CT molecular complexity index is 499. The zero-order chi connectivity index (χ0) is 15.7. The number of nitrogens with zero attached hydrogens (tertiary/aromatic N) is 1. The number of benzene rings is 1. The first kappa shape index (κ1) is 17.0. The van der Waals surface area contributed by atoms with Gasteiger partial charge in [-0.3, -0.25) is 4.79 Å². The molecule has 0 radical (unpaired) electrons. The van der Waals surface area contributed by atoms with Crippen molar-refractivity contribution in [3.63, 3.8) is 0 Å². The molecular weight excluding hydrogens is 273 g/mol. The van der Waals surface area contributed by atoms with E-state index in [2.05, 4.69) is 10.8 Å². The van der Waals surface area contributed by atoms with Crippen LogP contribution >= 0.6 is 0 Å². The van der Waals surface area contributed by atoms with Gasteiger partial charge in [-0.15, -0.1) is 0 Å². The van der Waals surface area contributed by atoms with Crippen molar-refractivity contribution in [2.45, 2.75) is 45.4 Å². The number of esters is 1. The van der Waals surface area contributed by atoms with Crippen LogP contribution in [0.3, 0.4) is 0 Å². The van der Waals surface area contributed by atoms with E-state index in [4.69, 9.17) is 4.74 Å². The monoisotopic (exact) mass is 293 g/mol. The number of ether oxygens (including phenoxy) is 2. The number of carbonyl (C=O) groups is 1. The minimum atomic E-state index is -1.61. The minimum absolute atomic E-state index is 0.165. The van der Waals surface area contributed by atoms with Gasteiger partial charge in [0.25, 0.3) is 0 Å². The fourth-order valence-electron chi connectivity index (χ4n) is 1.92. The highest BCUT2D eigenvalue weighted by Crippen LogP contribution is 2.29. The van der Waals surface area contributed by atoms with E-state index in [1.54, 1.807) is 31.2 Å². The van der Waals surface area contributed by atoms with Crippen molar-refractivity contribution < 1.29 is 18.7 Å².